The predicted octanol–water partition coefficient (Wildman–Crippen LogP) is 3.59. The van der Waals surface area contributed by atoms with Crippen LogP contribution in [0, 0.1) is 0 Å². The van der Waals surface area contributed by atoms with E-state index in [0.29, 0.717) is 23.7 Å². The SMILES string of the molecule is CCOc1ccc([C@@H](C)NC(=O)c2cc(OC)cc(OC)c2)cc1. The lowest BCUT2D eigenvalue weighted by Crippen LogP contribution is -2.26. The van der Waals surface area contributed by atoms with E-state index in [4.69, 9.17) is 14.2 Å². The highest BCUT2D eigenvalue weighted by atomic mass is 16.5. The van der Waals surface area contributed by atoms with Crippen molar-refractivity contribution in [3.05, 3.63) is 53.6 Å². The zero-order valence-electron chi connectivity index (χ0n) is 14.5. The van der Waals surface area contributed by atoms with Crippen LogP contribution in [0.25, 0.3) is 0 Å². The second-order valence-corrected chi connectivity index (χ2v) is 5.30. The largest absolute Gasteiger partial charge is 0.497 e. The minimum Gasteiger partial charge on any atom is -0.497 e. The Bertz CT molecular complexity index is 660. The number of carbonyl (C=O) groups excluding carboxylic acids is 1. The minimum atomic E-state index is -0.186. The number of rotatable bonds is 7. The lowest BCUT2D eigenvalue weighted by atomic mass is 10.1. The van der Waals surface area contributed by atoms with Gasteiger partial charge in [-0.25, -0.2) is 0 Å². The van der Waals surface area contributed by atoms with Crippen molar-refractivity contribution in [3.8, 4) is 17.2 Å². The molecule has 0 saturated heterocycles. The molecule has 0 aliphatic heterocycles. The number of ether oxygens (including phenoxy) is 3. The van der Waals surface area contributed by atoms with Gasteiger partial charge in [0, 0.05) is 11.6 Å². The van der Waals surface area contributed by atoms with Gasteiger partial charge in [0.2, 0.25) is 0 Å². The van der Waals surface area contributed by atoms with Gasteiger partial charge < -0.3 is 19.5 Å². The second-order valence-electron chi connectivity index (χ2n) is 5.30. The molecule has 0 radical (unpaired) electrons. The Kier molecular flexibility index (Phi) is 6.07. The zero-order valence-corrected chi connectivity index (χ0v) is 14.5. The van der Waals surface area contributed by atoms with E-state index in [1.165, 1.54) is 0 Å². The molecule has 0 bridgehead atoms. The molecule has 5 nitrogen and oxygen atoms in total. The van der Waals surface area contributed by atoms with Crippen molar-refractivity contribution in [2.24, 2.45) is 0 Å². The molecule has 1 amide bonds. The van der Waals surface area contributed by atoms with Gasteiger partial charge in [0.25, 0.3) is 5.91 Å². The van der Waals surface area contributed by atoms with Gasteiger partial charge in [-0.1, -0.05) is 12.1 Å². The summed E-state index contributed by atoms with van der Waals surface area (Å²) in [5.74, 6) is 1.78. The molecule has 2 aromatic carbocycles. The van der Waals surface area contributed by atoms with Crippen LogP contribution in [-0.4, -0.2) is 26.7 Å². The van der Waals surface area contributed by atoms with Gasteiger partial charge in [0.15, 0.2) is 0 Å². The van der Waals surface area contributed by atoms with Gasteiger partial charge in [-0.3, -0.25) is 4.79 Å². The summed E-state index contributed by atoms with van der Waals surface area (Å²) in [6.45, 7) is 4.51. The number of methoxy groups -OCH3 is 2. The van der Waals surface area contributed by atoms with Crippen molar-refractivity contribution in [2.75, 3.05) is 20.8 Å². The summed E-state index contributed by atoms with van der Waals surface area (Å²) in [5, 5.41) is 2.98. The molecular weight excluding hydrogens is 306 g/mol. The highest BCUT2D eigenvalue weighted by Crippen LogP contribution is 2.23. The third kappa shape index (κ3) is 4.41. The first kappa shape index (κ1) is 17.7. The molecular formula is C19H23NO4. The van der Waals surface area contributed by atoms with Crippen LogP contribution in [0.4, 0.5) is 0 Å². The number of carbonyl (C=O) groups is 1. The van der Waals surface area contributed by atoms with Crippen LogP contribution in [0.1, 0.15) is 35.8 Å². The van der Waals surface area contributed by atoms with Crippen LogP contribution in [0.15, 0.2) is 42.5 Å². The van der Waals surface area contributed by atoms with Crippen molar-refractivity contribution in [2.45, 2.75) is 19.9 Å². The topological polar surface area (TPSA) is 56.8 Å². The maximum atomic E-state index is 12.5. The first-order valence-electron chi connectivity index (χ1n) is 7.84. The molecule has 0 saturated carbocycles. The van der Waals surface area contributed by atoms with Crippen LogP contribution >= 0.6 is 0 Å². The highest BCUT2D eigenvalue weighted by Gasteiger charge is 2.14. The summed E-state index contributed by atoms with van der Waals surface area (Å²) in [5.41, 5.74) is 1.49. The Morgan fingerprint density at radius 1 is 1.00 bits per heavy atom. The molecule has 128 valence electrons. The zero-order chi connectivity index (χ0) is 17.5. The van der Waals surface area contributed by atoms with Crippen molar-refractivity contribution in [1.29, 1.82) is 0 Å². The summed E-state index contributed by atoms with van der Waals surface area (Å²) in [6, 6.07) is 12.7. The molecule has 1 N–H and O–H groups in total. The second kappa shape index (κ2) is 8.24. The number of nitrogens with one attached hydrogen (secondary N) is 1. The van der Waals surface area contributed by atoms with E-state index in [-0.39, 0.29) is 11.9 Å². The van der Waals surface area contributed by atoms with E-state index in [2.05, 4.69) is 5.32 Å². The fraction of sp³-hybridized carbons (Fsp3) is 0.316. The quantitative estimate of drug-likeness (QED) is 0.843. The Hall–Kier alpha value is -2.69. The third-order valence-corrected chi connectivity index (χ3v) is 3.65. The highest BCUT2D eigenvalue weighted by molar-refractivity contribution is 5.95. The number of hydrogen-bond donors (Lipinski definition) is 1. The molecule has 0 aliphatic rings. The number of benzene rings is 2. The fourth-order valence-corrected chi connectivity index (χ4v) is 2.32. The Morgan fingerprint density at radius 2 is 1.58 bits per heavy atom. The molecule has 0 aromatic heterocycles. The summed E-state index contributed by atoms with van der Waals surface area (Å²) in [6.07, 6.45) is 0. The van der Waals surface area contributed by atoms with Crippen molar-refractivity contribution in [3.63, 3.8) is 0 Å². The maximum Gasteiger partial charge on any atom is 0.252 e. The molecule has 0 fully saturated rings. The van der Waals surface area contributed by atoms with Crippen LogP contribution < -0.4 is 19.5 Å². The summed E-state index contributed by atoms with van der Waals surface area (Å²) >= 11 is 0. The fourth-order valence-electron chi connectivity index (χ4n) is 2.32. The molecule has 0 heterocycles. The van der Waals surface area contributed by atoms with Gasteiger partial charge in [-0.05, 0) is 43.7 Å². The molecule has 0 unspecified atom stereocenters. The first-order valence-corrected chi connectivity index (χ1v) is 7.84. The van der Waals surface area contributed by atoms with E-state index in [9.17, 15) is 4.79 Å². The summed E-state index contributed by atoms with van der Waals surface area (Å²) in [4.78, 5) is 12.5. The van der Waals surface area contributed by atoms with Crippen LogP contribution in [-0.2, 0) is 0 Å². The summed E-state index contributed by atoms with van der Waals surface area (Å²) in [7, 11) is 3.11. The molecule has 2 rings (SSSR count). The van der Waals surface area contributed by atoms with E-state index >= 15 is 0 Å². The van der Waals surface area contributed by atoms with Crippen LogP contribution in [0.2, 0.25) is 0 Å². The van der Waals surface area contributed by atoms with Gasteiger partial charge >= 0.3 is 0 Å². The van der Waals surface area contributed by atoms with Crippen molar-refractivity contribution < 1.29 is 19.0 Å². The molecule has 24 heavy (non-hydrogen) atoms. The molecule has 5 heteroatoms. The average Bonchev–Trinajstić information content (AvgIpc) is 2.61. The average molecular weight is 329 g/mol. The lowest BCUT2D eigenvalue weighted by Gasteiger charge is -2.16. The Morgan fingerprint density at radius 3 is 2.08 bits per heavy atom. The monoisotopic (exact) mass is 329 g/mol. The standard InChI is InChI=1S/C19H23NO4/c1-5-24-16-8-6-14(7-9-16)13(2)20-19(21)15-10-17(22-3)12-18(11-15)23-4/h6-13H,5H2,1-4H3,(H,20,21)/t13-/m1/s1. The van der Waals surface area contributed by atoms with E-state index in [1.807, 2.05) is 38.1 Å². The lowest BCUT2D eigenvalue weighted by molar-refractivity contribution is 0.0939. The molecule has 1 atom stereocenters. The van der Waals surface area contributed by atoms with Gasteiger partial charge in [-0.2, -0.15) is 0 Å². The first-order chi connectivity index (χ1) is 11.6. The van der Waals surface area contributed by atoms with Crippen LogP contribution in [0.3, 0.4) is 0 Å². The molecule has 0 aliphatic carbocycles. The van der Waals surface area contributed by atoms with Crippen LogP contribution in [0.5, 0.6) is 17.2 Å². The number of hydrogen-bond acceptors (Lipinski definition) is 4. The van der Waals surface area contributed by atoms with Crippen molar-refractivity contribution >= 4 is 5.91 Å². The van der Waals surface area contributed by atoms with Crippen molar-refractivity contribution in [1.82, 2.24) is 5.32 Å². The van der Waals surface area contributed by atoms with Gasteiger partial charge in [-0.15, -0.1) is 0 Å². The summed E-state index contributed by atoms with van der Waals surface area (Å²) < 4.78 is 15.8. The predicted molar refractivity (Wildman–Crippen MR) is 93.0 cm³/mol. The molecule has 0 spiro atoms. The third-order valence-electron chi connectivity index (χ3n) is 3.65. The minimum absolute atomic E-state index is 0.134. The Labute approximate surface area is 142 Å². The normalized spacial score (nSPS) is 11.5. The molecule has 2 aromatic rings. The Balaban J connectivity index is 2.10. The van der Waals surface area contributed by atoms with E-state index < -0.39 is 0 Å². The van der Waals surface area contributed by atoms with Gasteiger partial charge in [0.05, 0.1) is 26.9 Å². The van der Waals surface area contributed by atoms with E-state index in [1.54, 1.807) is 32.4 Å². The van der Waals surface area contributed by atoms with E-state index in [0.717, 1.165) is 11.3 Å². The maximum absolute atomic E-state index is 12.5. The van der Waals surface area contributed by atoms with Gasteiger partial charge in [0.1, 0.15) is 17.2 Å². The smallest absolute Gasteiger partial charge is 0.252 e. The number of amides is 1.